The Bertz CT molecular complexity index is 1110. The molecule has 0 unspecified atom stereocenters. The van der Waals surface area contributed by atoms with Crippen LogP contribution in [-0.2, 0) is 27.5 Å². The summed E-state index contributed by atoms with van der Waals surface area (Å²) in [6.07, 6.45) is -7.29. The predicted octanol–water partition coefficient (Wildman–Crippen LogP) is 5.53. The highest BCUT2D eigenvalue weighted by molar-refractivity contribution is 7.09. The van der Waals surface area contributed by atoms with Crippen molar-refractivity contribution < 1.29 is 69.2 Å². The lowest BCUT2D eigenvalue weighted by molar-refractivity contribution is -0.193. The maximum atomic E-state index is 10.6. The van der Waals surface area contributed by atoms with E-state index in [1.807, 2.05) is 29.8 Å². The second-order valence-corrected chi connectivity index (χ2v) is 10.6. The first kappa shape index (κ1) is 38.6. The molecule has 4 heterocycles. The largest absolute Gasteiger partial charge is 0.490 e. The molecular weight excluding hydrogens is 641 g/mol. The molecule has 4 rings (SSSR count). The highest BCUT2D eigenvalue weighted by Crippen LogP contribution is 2.41. The van der Waals surface area contributed by atoms with Crippen molar-refractivity contribution in [1.29, 1.82) is 0 Å². The quantitative estimate of drug-likeness (QED) is 0.360. The van der Waals surface area contributed by atoms with Gasteiger partial charge in [-0.05, 0) is 67.4 Å². The number of carbonyl (C=O) groups is 3. The monoisotopic (exact) mass is 669 g/mol. The minimum atomic E-state index is -5.08. The van der Waals surface area contributed by atoms with Crippen molar-refractivity contribution >= 4 is 29.2 Å². The highest BCUT2D eigenvalue weighted by Gasteiger charge is 2.41. The average molecular weight is 670 g/mol. The zero-order chi connectivity index (χ0) is 33.8. The summed E-state index contributed by atoms with van der Waals surface area (Å²) in [7, 11) is 0. The molecule has 248 valence electrons. The lowest BCUT2D eigenvalue weighted by atomic mass is 9.77. The van der Waals surface area contributed by atoms with E-state index >= 15 is 0 Å². The first-order chi connectivity index (χ1) is 20.1. The van der Waals surface area contributed by atoms with Crippen molar-refractivity contribution in [1.82, 2.24) is 14.8 Å². The van der Waals surface area contributed by atoms with Gasteiger partial charge in [-0.3, -0.25) is 14.8 Å². The van der Waals surface area contributed by atoms with E-state index < -0.39 is 36.4 Å². The molecule has 2 aromatic rings. The van der Waals surface area contributed by atoms with E-state index in [1.54, 1.807) is 0 Å². The number of aromatic nitrogens is 1. The number of carboxylic acid groups (broad SMARTS) is 3. The van der Waals surface area contributed by atoms with Crippen LogP contribution in [0.4, 0.5) is 39.5 Å². The van der Waals surface area contributed by atoms with Gasteiger partial charge in [-0.2, -0.15) is 39.5 Å². The molecule has 0 saturated carbocycles. The van der Waals surface area contributed by atoms with E-state index in [4.69, 9.17) is 29.7 Å². The number of hydrogen-bond donors (Lipinski definition) is 3. The van der Waals surface area contributed by atoms with Gasteiger partial charge in [0.2, 0.25) is 0 Å². The number of hydrogen-bond acceptors (Lipinski definition) is 7. The Balaban J connectivity index is 0.000000379. The summed E-state index contributed by atoms with van der Waals surface area (Å²) in [5, 5.41) is 23.6. The van der Waals surface area contributed by atoms with Gasteiger partial charge in [0.1, 0.15) is 0 Å². The normalized spacial score (nSPS) is 16.8. The molecule has 2 aromatic heterocycles. The molecule has 1 spiro atoms. The average Bonchev–Trinajstić information content (AvgIpc) is 3.56. The smallest absolute Gasteiger partial charge is 0.475 e. The number of likely N-dealkylation sites (tertiary alicyclic amines) is 2. The molecule has 0 bridgehead atoms. The maximum Gasteiger partial charge on any atom is 0.490 e. The topological polar surface area (TPSA) is 131 Å². The van der Waals surface area contributed by atoms with Gasteiger partial charge in [-0.25, -0.2) is 14.4 Å². The van der Waals surface area contributed by atoms with Gasteiger partial charge in [0.15, 0.2) is 0 Å². The third-order valence-electron chi connectivity index (χ3n) is 6.25. The van der Waals surface area contributed by atoms with Gasteiger partial charge in [-0.15, -0.1) is 11.3 Å². The molecule has 19 heteroatoms. The molecule has 0 radical (unpaired) electrons. The number of thiophene rings is 1. The fraction of sp³-hybridized carbons (Fsp3) is 0.520. The fourth-order valence-electron chi connectivity index (χ4n) is 4.13. The Morgan fingerprint density at radius 2 is 1.20 bits per heavy atom. The Labute approximate surface area is 248 Å². The van der Waals surface area contributed by atoms with E-state index in [0.29, 0.717) is 5.41 Å². The van der Waals surface area contributed by atoms with Gasteiger partial charge < -0.3 is 15.3 Å². The van der Waals surface area contributed by atoms with Crippen molar-refractivity contribution in [3.63, 3.8) is 0 Å². The van der Waals surface area contributed by atoms with E-state index in [0.717, 1.165) is 13.1 Å². The molecule has 2 aliphatic rings. The van der Waals surface area contributed by atoms with Gasteiger partial charge in [-0.1, -0.05) is 12.1 Å². The summed E-state index contributed by atoms with van der Waals surface area (Å²) < 4.78 is 95.2. The van der Waals surface area contributed by atoms with Crippen LogP contribution in [-0.4, -0.2) is 92.7 Å². The second kappa shape index (κ2) is 16.6. The van der Waals surface area contributed by atoms with Crippen LogP contribution in [0.2, 0.25) is 0 Å². The zero-order valence-electron chi connectivity index (χ0n) is 22.6. The van der Waals surface area contributed by atoms with E-state index in [-0.39, 0.29) is 0 Å². The molecule has 0 atom stereocenters. The summed E-state index contributed by atoms with van der Waals surface area (Å²) in [6.45, 7) is 7.26. The number of aliphatic carboxylic acids is 3. The number of carboxylic acids is 3. The highest BCUT2D eigenvalue weighted by atomic mass is 32.1. The minimum absolute atomic E-state index is 0.586. The first-order valence-corrected chi connectivity index (χ1v) is 13.3. The fourth-order valence-corrected chi connectivity index (χ4v) is 4.88. The lowest BCUT2D eigenvalue weighted by Crippen LogP contribution is -2.41. The zero-order valence-corrected chi connectivity index (χ0v) is 23.4. The van der Waals surface area contributed by atoms with Crippen molar-refractivity contribution in [3.05, 3.63) is 52.5 Å². The molecule has 9 nitrogen and oxygen atoms in total. The molecule has 2 fully saturated rings. The minimum Gasteiger partial charge on any atom is -0.475 e. The number of nitrogens with zero attached hydrogens (tertiary/aromatic N) is 3. The number of piperidine rings is 1. The van der Waals surface area contributed by atoms with Crippen molar-refractivity contribution in [2.24, 2.45) is 5.41 Å². The van der Waals surface area contributed by atoms with E-state index in [1.165, 1.54) is 55.9 Å². The third-order valence-corrected chi connectivity index (χ3v) is 7.11. The molecule has 0 aliphatic carbocycles. The Morgan fingerprint density at radius 3 is 1.57 bits per heavy atom. The maximum absolute atomic E-state index is 10.6. The van der Waals surface area contributed by atoms with Gasteiger partial charge >= 0.3 is 36.4 Å². The summed E-state index contributed by atoms with van der Waals surface area (Å²) >= 11 is 1.89. The Kier molecular flexibility index (Phi) is 14.5. The van der Waals surface area contributed by atoms with Crippen molar-refractivity contribution in [3.8, 4) is 0 Å². The summed E-state index contributed by atoms with van der Waals surface area (Å²) in [6, 6.07) is 8.67. The molecule has 44 heavy (non-hydrogen) atoms. The van der Waals surface area contributed by atoms with E-state index in [2.05, 4.69) is 38.4 Å². The van der Waals surface area contributed by atoms with Crippen molar-refractivity contribution in [2.75, 3.05) is 26.2 Å². The SMILES string of the molecule is O=C(O)C(F)(F)F.O=C(O)C(F)(F)F.O=C(O)C(F)(F)F.c1cncc(CN2CCC3(CC2)CCN(Cc2cccs2)C3)c1. The van der Waals surface area contributed by atoms with Crippen LogP contribution >= 0.6 is 11.3 Å². The number of halogens is 9. The number of alkyl halides is 9. The molecule has 3 N–H and O–H groups in total. The van der Waals surface area contributed by atoms with Crippen LogP contribution < -0.4 is 0 Å². The second-order valence-electron chi connectivity index (χ2n) is 9.59. The molecule has 0 amide bonds. The number of rotatable bonds is 4. The lowest BCUT2D eigenvalue weighted by Gasteiger charge is -2.39. The van der Waals surface area contributed by atoms with E-state index in [9.17, 15) is 39.5 Å². The van der Waals surface area contributed by atoms with Gasteiger partial charge in [0, 0.05) is 36.9 Å². The van der Waals surface area contributed by atoms with Crippen molar-refractivity contribution in [2.45, 2.75) is 50.9 Å². The Morgan fingerprint density at radius 1 is 0.750 bits per heavy atom. The third kappa shape index (κ3) is 14.8. The van der Waals surface area contributed by atoms with Crippen LogP contribution in [0.15, 0.2) is 42.0 Å². The molecular formula is C25H28F9N3O6S. The number of pyridine rings is 1. The van der Waals surface area contributed by atoms with Crippen LogP contribution in [0.1, 0.15) is 29.7 Å². The molecule has 0 aromatic carbocycles. The summed E-state index contributed by atoms with van der Waals surface area (Å²) in [4.78, 5) is 37.7. The Hall–Kier alpha value is -3.45. The molecule has 2 saturated heterocycles. The van der Waals surface area contributed by atoms with Crippen LogP contribution in [0.5, 0.6) is 0 Å². The summed E-state index contributed by atoms with van der Waals surface area (Å²) in [5.41, 5.74) is 1.93. The van der Waals surface area contributed by atoms with Crippen LogP contribution in [0, 0.1) is 5.41 Å². The predicted molar refractivity (Wildman–Crippen MR) is 136 cm³/mol. The summed E-state index contributed by atoms with van der Waals surface area (Å²) in [5.74, 6) is -8.27. The molecule has 2 aliphatic heterocycles. The first-order valence-electron chi connectivity index (χ1n) is 12.4. The van der Waals surface area contributed by atoms with Crippen LogP contribution in [0.3, 0.4) is 0 Å². The van der Waals surface area contributed by atoms with Gasteiger partial charge in [0.25, 0.3) is 0 Å². The standard InChI is InChI=1S/C19H25N3S.3C2HF3O2/c1-3-17(13-20-8-1)14-21-9-5-19(6-10-21)7-11-22(16-19)15-18-4-2-12-23-18;3*3-2(4,5)1(6)7/h1-4,8,12-13H,5-7,9-11,14-16H2;3*(H,6,7). The van der Waals surface area contributed by atoms with Crippen LogP contribution in [0.25, 0.3) is 0 Å². The van der Waals surface area contributed by atoms with Gasteiger partial charge in [0.05, 0.1) is 0 Å².